The Morgan fingerprint density at radius 2 is 1.24 bits per heavy atom. The van der Waals surface area contributed by atoms with E-state index in [4.69, 9.17) is 4.98 Å². The molecular weight excluding hydrogens is 637 g/mol. The molecule has 3 heterocycles. The maximum Gasteiger partial charge on any atom is 0.175 e. The molecule has 1 N–H and O–H groups in total. The third-order valence-corrected chi connectivity index (χ3v) is 10.7. The SMILES string of the molecule is Cc1ncccc1-c1c(Nc2ccccc2)ccc2c3ccc4c(c5ccccc5n4-c4ccccc4)c3n(-c3ccc(S(C)(=O)=O)cc3)c12. The van der Waals surface area contributed by atoms with Gasteiger partial charge in [-0.25, -0.2) is 8.42 Å². The predicted octanol–water partition coefficient (Wildman–Crippen LogP) is 10.4. The number of nitrogens with zero attached hydrogens (tertiary/aromatic N) is 3. The molecule has 9 aromatic rings. The van der Waals surface area contributed by atoms with E-state index in [9.17, 15) is 8.42 Å². The van der Waals surface area contributed by atoms with Gasteiger partial charge in [-0.05, 0) is 79.7 Å². The summed E-state index contributed by atoms with van der Waals surface area (Å²) in [5.74, 6) is 0. The Balaban J connectivity index is 1.50. The van der Waals surface area contributed by atoms with Crippen molar-refractivity contribution >= 4 is 64.8 Å². The number of hydrogen-bond acceptors (Lipinski definition) is 4. The average molecular weight is 669 g/mol. The second kappa shape index (κ2) is 11.5. The first-order valence-corrected chi connectivity index (χ1v) is 18.4. The Morgan fingerprint density at radius 3 is 1.98 bits per heavy atom. The normalized spacial score (nSPS) is 12.0. The van der Waals surface area contributed by atoms with Crippen molar-refractivity contribution in [1.82, 2.24) is 14.1 Å². The van der Waals surface area contributed by atoms with E-state index < -0.39 is 9.84 Å². The van der Waals surface area contributed by atoms with E-state index in [1.165, 1.54) is 6.26 Å². The fourth-order valence-electron chi connectivity index (χ4n) is 7.40. The summed E-state index contributed by atoms with van der Waals surface area (Å²) in [4.78, 5) is 5.01. The van der Waals surface area contributed by atoms with Crippen molar-refractivity contribution in [3.8, 4) is 22.5 Å². The number of benzene rings is 6. The van der Waals surface area contributed by atoms with Crippen molar-refractivity contribution in [3.05, 3.63) is 157 Å². The van der Waals surface area contributed by atoms with Gasteiger partial charge in [0.05, 0.1) is 27.0 Å². The molecule has 0 radical (unpaired) electrons. The number of hydrogen-bond donors (Lipinski definition) is 1. The summed E-state index contributed by atoms with van der Waals surface area (Å²) in [5.41, 5.74) is 11.1. The van der Waals surface area contributed by atoms with E-state index >= 15 is 0 Å². The van der Waals surface area contributed by atoms with Crippen LogP contribution in [0.25, 0.3) is 66.1 Å². The monoisotopic (exact) mass is 668 g/mol. The summed E-state index contributed by atoms with van der Waals surface area (Å²) < 4.78 is 29.8. The molecule has 3 aromatic heterocycles. The van der Waals surface area contributed by atoms with Crippen LogP contribution in [0.15, 0.2) is 157 Å². The van der Waals surface area contributed by atoms with Crippen LogP contribution in [0.3, 0.4) is 0 Å². The lowest BCUT2D eigenvalue weighted by atomic mass is 9.98. The number of aryl methyl sites for hydroxylation is 1. The third-order valence-electron chi connectivity index (χ3n) is 9.59. The molecule has 0 aliphatic carbocycles. The topological polar surface area (TPSA) is 68.9 Å². The second-order valence-corrected chi connectivity index (χ2v) is 14.7. The molecule has 0 aliphatic heterocycles. The number of anilines is 2. The van der Waals surface area contributed by atoms with Gasteiger partial charge in [-0.15, -0.1) is 0 Å². The minimum absolute atomic E-state index is 0.280. The van der Waals surface area contributed by atoms with Gasteiger partial charge in [0.25, 0.3) is 0 Å². The fraction of sp³-hybridized carbons (Fsp3) is 0.0465. The highest BCUT2D eigenvalue weighted by molar-refractivity contribution is 7.90. The van der Waals surface area contributed by atoms with E-state index in [2.05, 4.69) is 105 Å². The van der Waals surface area contributed by atoms with Crippen LogP contribution in [-0.4, -0.2) is 28.8 Å². The molecule has 0 amide bonds. The third kappa shape index (κ3) is 4.70. The molecule has 6 nitrogen and oxygen atoms in total. The number of aromatic nitrogens is 3. The molecule has 0 spiro atoms. The lowest BCUT2D eigenvalue weighted by Gasteiger charge is -2.18. The van der Waals surface area contributed by atoms with Crippen molar-refractivity contribution in [2.75, 3.05) is 11.6 Å². The standard InChI is InChI=1S/C43H32N4O2S/c1-28-33(17-11-27-44-28)40-37(45-29-12-5-3-6-13-29)25-23-34-35-24-26-39-41(36-16-9-10-18-38(36)46(39)30-14-7-4-8-15-30)43(35)47(42(34)40)31-19-21-32(22-20-31)50(2,48)49/h3-27,45H,1-2H3. The molecule has 0 fully saturated rings. The molecule has 0 saturated carbocycles. The Morgan fingerprint density at radius 1 is 0.580 bits per heavy atom. The van der Waals surface area contributed by atoms with Gasteiger partial charge in [0.1, 0.15) is 0 Å². The zero-order valence-electron chi connectivity index (χ0n) is 27.5. The number of rotatable bonds is 6. The Hall–Kier alpha value is -6.18. The van der Waals surface area contributed by atoms with Gasteiger partial charge < -0.3 is 14.5 Å². The summed E-state index contributed by atoms with van der Waals surface area (Å²) in [6, 6.07) is 49.3. The van der Waals surface area contributed by atoms with Gasteiger partial charge in [-0.2, -0.15) is 0 Å². The van der Waals surface area contributed by atoms with E-state index in [1.54, 1.807) is 12.1 Å². The number of pyridine rings is 1. The predicted molar refractivity (Wildman–Crippen MR) is 206 cm³/mol. The van der Waals surface area contributed by atoms with Crippen molar-refractivity contribution in [3.63, 3.8) is 0 Å². The minimum Gasteiger partial charge on any atom is -0.355 e. The quantitative estimate of drug-likeness (QED) is 0.191. The maximum absolute atomic E-state index is 12.6. The van der Waals surface area contributed by atoms with Gasteiger partial charge in [0, 0.05) is 73.6 Å². The molecule has 6 aromatic carbocycles. The Kier molecular flexibility index (Phi) is 6.86. The highest BCUT2D eigenvalue weighted by Crippen LogP contribution is 2.47. The van der Waals surface area contributed by atoms with Crippen LogP contribution in [0, 0.1) is 6.92 Å². The zero-order chi connectivity index (χ0) is 34.0. The molecule has 50 heavy (non-hydrogen) atoms. The van der Waals surface area contributed by atoms with Gasteiger partial charge >= 0.3 is 0 Å². The molecule has 0 atom stereocenters. The Bertz CT molecular complexity index is 2860. The summed E-state index contributed by atoms with van der Waals surface area (Å²) in [6.45, 7) is 2.04. The highest BCUT2D eigenvalue weighted by Gasteiger charge is 2.25. The molecule has 9 rings (SSSR count). The average Bonchev–Trinajstić information content (AvgIpc) is 3.65. The Labute approximate surface area is 289 Å². The lowest BCUT2D eigenvalue weighted by Crippen LogP contribution is -2.02. The number of fused-ring (bicyclic) bond motifs is 7. The lowest BCUT2D eigenvalue weighted by molar-refractivity contribution is 0.602. The van der Waals surface area contributed by atoms with Crippen LogP contribution >= 0.6 is 0 Å². The van der Waals surface area contributed by atoms with Crippen LogP contribution in [0.5, 0.6) is 0 Å². The van der Waals surface area contributed by atoms with E-state index in [1.807, 2.05) is 55.6 Å². The van der Waals surface area contributed by atoms with E-state index in [0.29, 0.717) is 0 Å². The maximum atomic E-state index is 12.6. The van der Waals surface area contributed by atoms with Gasteiger partial charge in [0.2, 0.25) is 0 Å². The van der Waals surface area contributed by atoms with Crippen LogP contribution in [0.4, 0.5) is 11.4 Å². The smallest absolute Gasteiger partial charge is 0.175 e. The molecule has 0 saturated heterocycles. The van der Waals surface area contributed by atoms with Crippen molar-refractivity contribution < 1.29 is 8.42 Å². The van der Waals surface area contributed by atoms with E-state index in [0.717, 1.165) is 83.2 Å². The molecule has 0 aliphatic rings. The van der Waals surface area contributed by atoms with Crippen molar-refractivity contribution in [2.24, 2.45) is 0 Å². The highest BCUT2D eigenvalue weighted by atomic mass is 32.2. The first kappa shape index (κ1) is 29.9. The molecule has 7 heteroatoms. The zero-order valence-corrected chi connectivity index (χ0v) is 28.3. The first-order valence-electron chi connectivity index (χ1n) is 16.5. The van der Waals surface area contributed by atoms with Crippen molar-refractivity contribution in [2.45, 2.75) is 11.8 Å². The van der Waals surface area contributed by atoms with Gasteiger partial charge in [0.15, 0.2) is 9.84 Å². The number of nitrogens with one attached hydrogen (secondary N) is 1. The number of para-hydroxylation sites is 3. The van der Waals surface area contributed by atoms with Crippen LogP contribution in [-0.2, 0) is 9.84 Å². The van der Waals surface area contributed by atoms with Crippen LogP contribution < -0.4 is 5.32 Å². The number of sulfone groups is 1. The molecule has 242 valence electrons. The van der Waals surface area contributed by atoms with E-state index in [-0.39, 0.29) is 4.90 Å². The summed E-state index contributed by atoms with van der Waals surface area (Å²) in [6.07, 6.45) is 3.07. The summed E-state index contributed by atoms with van der Waals surface area (Å²) in [5, 5.41) is 8.15. The molecule has 0 unspecified atom stereocenters. The van der Waals surface area contributed by atoms with Crippen LogP contribution in [0.1, 0.15) is 5.69 Å². The molecular formula is C43H32N4O2S. The second-order valence-electron chi connectivity index (χ2n) is 12.7. The largest absolute Gasteiger partial charge is 0.355 e. The molecule has 0 bridgehead atoms. The van der Waals surface area contributed by atoms with Crippen molar-refractivity contribution in [1.29, 1.82) is 0 Å². The summed E-state index contributed by atoms with van der Waals surface area (Å²) in [7, 11) is -3.39. The summed E-state index contributed by atoms with van der Waals surface area (Å²) >= 11 is 0. The fourth-order valence-corrected chi connectivity index (χ4v) is 8.03. The van der Waals surface area contributed by atoms with Gasteiger partial charge in [-0.3, -0.25) is 4.98 Å². The minimum atomic E-state index is -3.39. The van der Waals surface area contributed by atoms with Crippen LogP contribution in [0.2, 0.25) is 0 Å². The first-order chi connectivity index (χ1) is 24.4. The van der Waals surface area contributed by atoms with Gasteiger partial charge in [-0.1, -0.05) is 72.8 Å².